The van der Waals surface area contributed by atoms with Crippen molar-refractivity contribution in [3.05, 3.63) is 34.4 Å². The van der Waals surface area contributed by atoms with Crippen molar-refractivity contribution in [2.75, 3.05) is 6.54 Å². The number of hydrogen-bond acceptors (Lipinski definition) is 4. The van der Waals surface area contributed by atoms with Crippen LogP contribution in [0.2, 0.25) is 0 Å². The lowest BCUT2D eigenvalue weighted by Crippen LogP contribution is -2.27. The van der Waals surface area contributed by atoms with Gasteiger partial charge in [0.2, 0.25) is 5.91 Å². The Hall–Kier alpha value is -1.60. The molecule has 1 aliphatic rings. The van der Waals surface area contributed by atoms with Crippen LogP contribution in [0.4, 0.5) is 5.69 Å². The summed E-state index contributed by atoms with van der Waals surface area (Å²) in [6, 6.07) is 5.67. The fourth-order valence-electron chi connectivity index (χ4n) is 2.02. The smallest absolute Gasteiger partial charge is 0.269 e. The summed E-state index contributed by atoms with van der Waals surface area (Å²) in [6.45, 7) is 0.618. The second-order valence-electron chi connectivity index (χ2n) is 4.37. The van der Waals surface area contributed by atoms with Crippen LogP contribution in [0.25, 0.3) is 0 Å². The van der Waals surface area contributed by atoms with Crippen molar-refractivity contribution in [2.45, 2.75) is 29.4 Å². The molecule has 0 aliphatic carbocycles. The Morgan fingerprint density at radius 2 is 2.00 bits per heavy atom. The molecule has 0 radical (unpaired) electrons. The van der Waals surface area contributed by atoms with E-state index in [1.165, 1.54) is 24.3 Å². The number of amides is 1. The van der Waals surface area contributed by atoms with E-state index in [9.17, 15) is 19.5 Å². The number of rotatable bonds is 3. The maximum Gasteiger partial charge on any atom is 0.269 e. The first kappa shape index (κ1) is 13.8. The summed E-state index contributed by atoms with van der Waals surface area (Å²) in [5.74, 6) is -0.0854. The van der Waals surface area contributed by atoms with E-state index in [0.717, 1.165) is 6.42 Å². The van der Waals surface area contributed by atoms with Crippen molar-refractivity contribution in [1.82, 2.24) is 5.32 Å². The van der Waals surface area contributed by atoms with Gasteiger partial charge in [-0.25, -0.2) is 0 Å². The van der Waals surface area contributed by atoms with Gasteiger partial charge in [0.15, 0.2) is 4.90 Å². The molecule has 1 aromatic rings. The van der Waals surface area contributed by atoms with Crippen LogP contribution in [0.15, 0.2) is 29.2 Å². The Labute approximate surface area is 113 Å². The SMILES string of the molecule is O=C1CC([S+]([O-])c2ccc([N+](=O)[O-])cc2)CCCN1. The van der Waals surface area contributed by atoms with Gasteiger partial charge in [-0.3, -0.25) is 14.9 Å². The van der Waals surface area contributed by atoms with E-state index in [0.29, 0.717) is 17.9 Å². The fourth-order valence-corrected chi connectivity index (χ4v) is 3.49. The number of carbonyl (C=O) groups excluding carboxylic acids is 1. The number of hydrogen-bond donors (Lipinski definition) is 1. The van der Waals surface area contributed by atoms with Crippen LogP contribution in [0.5, 0.6) is 0 Å². The summed E-state index contributed by atoms with van der Waals surface area (Å²) in [7, 11) is 0. The van der Waals surface area contributed by atoms with Crippen LogP contribution in [-0.2, 0) is 16.0 Å². The van der Waals surface area contributed by atoms with Gasteiger partial charge in [0.05, 0.1) is 11.3 Å². The Kier molecular flexibility index (Phi) is 4.39. The van der Waals surface area contributed by atoms with Gasteiger partial charge in [-0.1, -0.05) is 0 Å². The predicted octanol–water partition coefficient (Wildman–Crippen LogP) is 1.37. The number of nitrogens with zero attached hydrogens (tertiary/aromatic N) is 1. The Bertz CT molecular complexity index is 477. The summed E-state index contributed by atoms with van der Waals surface area (Å²) >= 11 is -1.31. The monoisotopic (exact) mass is 282 g/mol. The van der Waals surface area contributed by atoms with Crippen molar-refractivity contribution in [3.63, 3.8) is 0 Å². The molecule has 0 saturated carbocycles. The standard InChI is InChI=1S/C12H14N2O4S/c15-12-8-11(2-1-7-13-12)19(18)10-5-3-9(4-6-10)14(16)17/h3-6,11H,1-2,7-8H2,(H,13,15). The molecule has 2 unspecified atom stereocenters. The molecule has 1 fully saturated rings. The van der Waals surface area contributed by atoms with Crippen LogP contribution in [-0.4, -0.2) is 27.2 Å². The summed E-state index contributed by atoms with van der Waals surface area (Å²) in [6.07, 6.45) is 1.75. The first-order chi connectivity index (χ1) is 9.08. The van der Waals surface area contributed by atoms with Gasteiger partial charge in [0.1, 0.15) is 5.25 Å². The van der Waals surface area contributed by atoms with Crippen LogP contribution < -0.4 is 5.32 Å². The molecular weight excluding hydrogens is 268 g/mol. The quantitative estimate of drug-likeness (QED) is 0.514. The fraction of sp³-hybridized carbons (Fsp3) is 0.417. The summed E-state index contributed by atoms with van der Waals surface area (Å²) in [5.41, 5.74) is -0.0284. The molecule has 2 atom stereocenters. The molecule has 19 heavy (non-hydrogen) atoms. The van der Waals surface area contributed by atoms with Crippen molar-refractivity contribution < 1.29 is 14.3 Å². The lowest BCUT2D eigenvalue weighted by molar-refractivity contribution is -0.384. The maximum atomic E-state index is 12.3. The molecule has 1 saturated heterocycles. The highest BCUT2D eigenvalue weighted by Gasteiger charge is 2.29. The van der Waals surface area contributed by atoms with Crippen molar-refractivity contribution in [3.8, 4) is 0 Å². The minimum atomic E-state index is -1.31. The third-order valence-corrected chi connectivity index (χ3v) is 4.77. The largest absolute Gasteiger partial charge is 0.611 e. The maximum absolute atomic E-state index is 12.3. The molecule has 1 aromatic carbocycles. The molecule has 0 aromatic heterocycles. The number of non-ortho nitro benzene ring substituents is 1. The van der Waals surface area contributed by atoms with Gasteiger partial charge in [-0.2, -0.15) is 0 Å². The molecule has 102 valence electrons. The summed E-state index contributed by atoms with van der Waals surface area (Å²) in [4.78, 5) is 22.0. The van der Waals surface area contributed by atoms with E-state index in [1.54, 1.807) is 0 Å². The lowest BCUT2D eigenvalue weighted by atomic mass is 10.2. The second kappa shape index (κ2) is 6.03. The van der Waals surface area contributed by atoms with Gasteiger partial charge >= 0.3 is 0 Å². The molecule has 1 N–H and O–H groups in total. The van der Waals surface area contributed by atoms with Crippen molar-refractivity contribution in [1.29, 1.82) is 0 Å². The summed E-state index contributed by atoms with van der Waals surface area (Å²) in [5, 5.41) is 13.1. The van der Waals surface area contributed by atoms with Crippen LogP contribution in [0.1, 0.15) is 19.3 Å². The zero-order valence-corrected chi connectivity index (χ0v) is 11.0. The predicted molar refractivity (Wildman–Crippen MR) is 70.2 cm³/mol. The Balaban J connectivity index is 2.11. The van der Waals surface area contributed by atoms with Gasteiger partial charge < -0.3 is 9.87 Å². The first-order valence-corrected chi connectivity index (χ1v) is 7.21. The lowest BCUT2D eigenvalue weighted by Gasteiger charge is -2.18. The number of nitro benzene ring substituents is 1. The van der Waals surface area contributed by atoms with E-state index in [4.69, 9.17) is 0 Å². The minimum Gasteiger partial charge on any atom is -0.611 e. The van der Waals surface area contributed by atoms with Gasteiger partial charge in [-0.15, -0.1) is 0 Å². The zero-order valence-electron chi connectivity index (χ0n) is 10.2. The molecule has 2 rings (SSSR count). The Morgan fingerprint density at radius 1 is 1.32 bits per heavy atom. The summed E-state index contributed by atoms with van der Waals surface area (Å²) < 4.78 is 12.3. The highest BCUT2D eigenvalue weighted by molar-refractivity contribution is 7.92. The topological polar surface area (TPSA) is 95.3 Å². The van der Waals surface area contributed by atoms with E-state index in [2.05, 4.69) is 5.32 Å². The van der Waals surface area contributed by atoms with E-state index < -0.39 is 16.1 Å². The number of carbonyl (C=O) groups is 1. The molecular formula is C12H14N2O4S. The van der Waals surface area contributed by atoms with Gasteiger partial charge in [0, 0.05) is 18.7 Å². The molecule has 0 bridgehead atoms. The number of nitro groups is 1. The third-order valence-electron chi connectivity index (χ3n) is 3.02. The average Bonchev–Trinajstić information content (AvgIpc) is 2.62. The van der Waals surface area contributed by atoms with Crippen LogP contribution in [0.3, 0.4) is 0 Å². The molecule has 1 aliphatic heterocycles. The zero-order chi connectivity index (χ0) is 13.8. The van der Waals surface area contributed by atoms with E-state index in [-0.39, 0.29) is 23.3 Å². The molecule has 7 heteroatoms. The third kappa shape index (κ3) is 3.45. The van der Waals surface area contributed by atoms with E-state index >= 15 is 0 Å². The van der Waals surface area contributed by atoms with E-state index in [1.807, 2.05) is 0 Å². The van der Waals surface area contributed by atoms with Crippen LogP contribution in [0, 0.1) is 10.1 Å². The number of benzene rings is 1. The molecule has 6 nitrogen and oxygen atoms in total. The Morgan fingerprint density at radius 3 is 2.63 bits per heavy atom. The van der Waals surface area contributed by atoms with Crippen LogP contribution >= 0.6 is 0 Å². The first-order valence-electron chi connectivity index (χ1n) is 5.99. The van der Waals surface area contributed by atoms with Crippen molar-refractivity contribution in [2.24, 2.45) is 0 Å². The second-order valence-corrected chi connectivity index (χ2v) is 6.10. The number of nitrogens with one attached hydrogen (secondary N) is 1. The highest BCUT2D eigenvalue weighted by atomic mass is 32.2. The molecule has 0 spiro atoms. The van der Waals surface area contributed by atoms with Gasteiger partial charge in [0.25, 0.3) is 5.69 Å². The molecule has 1 heterocycles. The highest BCUT2D eigenvalue weighted by Crippen LogP contribution is 2.24. The minimum absolute atomic E-state index is 0.0284. The average molecular weight is 282 g/mol. The van der Waals surface area contributed by atoms with Gasteiger partial charge in [-0.05, 0) is 36.2 Å². The normalized spacial score (nSPS) is 21.3. The molecule has 1 amide bonds. The van der Waals surface area contributed by atoms with Crippen molar-refractivity contribution >= 4 is 22.8 Å².